The normalized spacial score (nSPS) is 12.7. The fraction of sp³-hybridized carbons (Fsp3) is 0.292. The second kappa shape index (κ2) is 9.22. The van der Waals surface area contributed by atoms with Gasteiger partial charge in [0.05, 0.1) is 13.7 Å². The summed E-state index contributed by atoms with van der Waals surface area (Å²) in [5.74, 6) is 0.614. The molecular formula is C24H28O3. The number of hydrogen-bond acceptors (Lipinski definition) is 3. The van der Waals surface area contributed by atoms with Crippen LogP contribution in [-0.4, -0.2) is 19.7 Å². The second-order valence-electron chi connectivity index (χ2n) is 6.63. The Hall–Kier alpha value is -2.81. The smallest absolute Gasteiger partial charge is 0.330 e. The van der Waals surface area contributed by atoms with E-state index in [9.17, 15) is 4.79 Å². The number of rotatable bonds is 6. The molecule has 0 atom stereocenters. The van der Waals surface area contributed by atoms with E-state index in [1.807, 2.05) is 19.1 Å². The zero-order valence-corrected chi connectivity index (χ0v) is 17.1. The van der Waals surface area contributed by atoms with Gasteiger partial charge in [0.2, 0.25) is 0 Å². The lowest BCUT2D eigenvalue weighted by atomic mass is 9.96. The maximum atomic E-state index is 11.4. The van der Waals surface area contributed by atoms with Crippen molar-refractivity contribution in [3.63, 3.8) is 0 Å². The molecule has 0 N–H and O–H groups in total. The summed E-state index contributed by atoms with van der Waals surface area (Å²) in [5, 5.41) is 2.45. The highest BCUT2D eigenvalue weighted by Crippen LogP contribution is 2.32. The standard InChI is InChI=1S/C24H28O3/c1-7-27-24(25)13-16(2)9-8-10-17(3)20-11-12-21-19(5)23(26-6)14-18(4)22(21)15-20/h8-15H,7H2,1-6H3. The highest BCUT2D eigenvalue weighted by atomic mass is 16.5. The molecule has 0 bridgehead atoms. The SMILES string of the molecule is CCOC(=O)C=C(C)C=CC=C(C)c1ccc2c(C)c(OC)cc(C)c2c1. The Morgan fingerprint density at radius 1 is 1.11 bits per heavy atom. The van der Waals surface area contributed by atoms with Gasteiger partial charge in [-0.25, -0.2) is 4.79 Å². The minimum atomic E-state index is -0.309. The fourth-order valence-corrected chi connectivity index (χ4v) is 3.03. The first-order valence-electron chi connectivity index (χ1n) is 9.15. The number of fused-ring (bicyclic) bond motifs is 1. The summed E-state index contributed by atoms with van der Waals surface area (Å²) in [5.41, 5.74) is 5.54. The number of allylic oxidation sites excluding steroid dienone is 5. The Labute approximate surface area is 162 Å². The molecule has 2 aromatic carbocycles. The Balaban J connectivity index is 2.28. The zero-order valence-electron chi connectivity index (χ0n) is 17.1. The van der Waals surface area contributed by atoms with Gasteiger partial charge in [0.15, 0.2) is 0 Å². The molecule has 0 aromatic heterocycles. The van der Waals surface area contributed by atoms with Crippen LogP contribution in [-0.2, 0) is 9.53 Å². The molecule has 0 unspecified atom stereocenters. The van der Waals surface area contributed by atoms with Crippen LogP contribution in [0, 0.1) is 13.8 Å². The quantitative estimate of drug-likeness (QED) is 0.362. The molecule has 0 aliphatic rings. The first-order valence-corrected chi connectivity index (χ1v) is 9.15. The average Bonchev–Trinajstić information content (AvgIpc) is 2.64. The van der Waals surface area contributed by atoms with Gasteiger partial charge < -0.3 is 9.47 Å². The van der Waals surface area contributed by atoms with E-state index in [0.29, 0.717) is 6.61 Å². The third kappa shape index (κ3) is 5.10. The van der Waals surface area contributed by atoms with Crippen molar-refractivity contribution >= 4 is 22.3 Å². The van der Waals surface area contributed by atoms with Crippen molar-refractivity contribution in [1.29, 1.82) is 0 Å². The molecule has 3 heteroatoms. The number of aryl methyl sites for hydroxylation is 2. The van der Waals surface area contributed by atoms with Crippen molar-refractivity contribution in [3.8, 4) is 5.75 Å². The zero-order chi connectivity index (χ0) is 20.0. The monoisotopic (exact) mass is 364 g/mol. The van der Waals surface area contributed by atoms with Gasteiger partial charge in [-0.05, 0) is 85.4 Å². The predicted octanol–water partition coefficient (Wildman–Crippen LogP) is 5.93. The van der Waals surface area contributed by atoms with Gasteiger partial charge in [0, 0.05) is 6.08 Å². The minimum absolute atomic E-state index is 0.309. The first-order chi connectivity index (χ1) is 12.9. The van der Waals surface area contributed by atoms with Gasteiger partial charge in [0.1, 0.15) is 5.75 Å². The number of ether oxygens (including phenoxy) is 2. The van der Waals surface area contributed by atoms with E-state index in [-0.39, 0.29) is 5.97 Å². The van der Waals surface area contributed by atoms with Crippen molar-refractivity contribution in [1.82, 2.24) is 0 Å². The molecular weight excluding hydrogens is 336 g/mol. The van der Waals surface area contributed by atoms with Crippen LogP contribution < -0.4 is 4.74 Å². The number of methoxy groups -OCH3 is 1. The summed E-state index contributed by atoms with van der Waals surface area (Å²) in [6, 6.07) is 8.60. The second-order valence-corrected chi connectivity index (χ2v) is 6.63. The van der Waals surface area contributed by atoms with E-state index < -0.39 is 0 Å². The first kappa shape index (κ1) is 20.5. The molecule has 142 valence electrons. The van der Waals surface area contributed by atoms with Gasteiger partial charge in [-0.2, -0.15) is 0 Å². The number of esters is 1. The number of carbonyl (C=O) groups is 1. The molecule has 3 nitrogen and oxygen atoms in total. The van der Waals surface area contributed by atoms with Crippen LogP contribution in [0.5, 0.6) is 5.75 Å². The van der Waals surface area contributed by atoms with Crippen LogP contribution in [0.2, 0.25) is 0 Å². The Bertz CT molecular complexity index is 930. The number of benzene rings is 2. The third-order valence-electron chi connectivity index (χ3n) is 4.58. The maximum Gasteiger partial charge on any atom is 0.330 e. The molecule has 0 saturated carbocycles. The fourth-order valence-electron chi connectivity index (χ4n) is 3.03. The number of carbonyl (C=O) groups excluding carboxylic acids is 1. The van der Waals surface area contributed by atoms with E-state index >= 15 is 0 Å². The van der Waals surface area contributed by atoms with E-state index in [1.165, 1.54) is 28.0 Å². The molecule has 2 rings (SSSR count). The molecule has 0 spiro atoms. The van der Waals surface area contributed by atoms with E-state index in [2.05, 4.69) is 51.1 Å². The lowest BCUT2D eigenvalue weighted by Crippen LogP contribution is -1.99. The molecule has 0 fully saturated rings. The van der Waals surface area contributed by atoms with E-state index in [4.69, 9.17) is 9.47 Å². The predicted molar refractivity (Wildman–Crippen MR) is 113 cm³/mol. The van der Waals surface area contributed by atoms with Crippen LogP contribution >= 0.6 is 0 Å². The van der Waals surface area contributed by atoms with Crippen LogP contribution in [0.25, 0.3) is 16.3 Å². The maximum absolute atomic E-state index is 11.4. The molecule has 27 heavy (non-hydrogen) atoms. The Kier molecular flexibility index (Phi) is 7.00. The van der Waals surface area contributed by atoms with Gasteiger partial charge in [-0.15, -0.1) is 0 Å². The average molecular weight is 364 g/mol. The summed E-state index contributed by atoms with van der Waals surface area (Å²) < 4.78 is 10.4. The Morgan fingerprint density at radius 3 is 2.52 bits per heavy atom. The van der Waals surface area contributed by atoms with Crippen LogP contribution in [0.4, 0.5) is 0 Å². The molecule has 0 amide bonds. The summed E-state index contributed by atoms with van der Waals surface area (Å²) in [4.78, 5) is 11.4. The van der Waals surface area contributed by atoms with Crippen molar-refractivity contribution in [2.75, 3.05) is 13.7 Å². The minimum Gasteiger partial charge on any atom is -0.496 e. The topological polar surface area (TPSA) is 35.5 Å². The van der Waals surface area contributed by atoms with Gasteiger partial charge in [-0.1, -0.05) is 30.4 Å². The molecule has 0 saturated heterocycles. The van der Waals surface area contributed by atoms with E-state index in [0.717, 1.165) is 22.5 Å². The molecule has 2 aromatic rings. The van der Waals surface area contributed by atoms with Gasteiger partial charge in [-0.3, -0.25) is 0 Å². The molecule has 0 radical (unpaired) electrons. The van der Waals surface area contributed by atoms with Crippen LogP contribution in [0.3, 0.4) is 0 Å². The summed E-state index contributed by atoms with van der Waals surface area (Å²) >= 11 is 0. The summed E-state index contributed by atoms with van der Waals surface area (Å²) in [7, 11) is 1.71. The Morgan fingerprint density at radius 2 is 1.85 bits per heavy atom. The highest BCUT2D eigenvalue weighted by Gasteiger charge is 2.08. The largest absolute Gasteiger partial charge is 0.496 e. The lowest BCUT2D eigenvalue weighted by Gasteiger charge is -2.12. The summed E-state index contributed by atoms with van der Waals surface area (Å²) in [6.45, 7) is 10.3. The third-order valence-corrected chi connectivity index (χ3v) is 4.58. The highest BCUT2D eigenvalue weighted by molar-refractivity contribution is 5.92. The van der Waals surface area contributed by atoms with E-state index in [1.54, 1.807) is 14.0 Å². The van der Waals surface area contributed by atoms with Gasteiger partial charge >= 0.3 is 5.97 Å². The molecule has 0 heterocycles. The van der Waals surface area contributed by atoms with Crippen LogP contribution in [0.15, 0.2) is 54.1 Å². The molecule has 0 aliphatic heterocycles. The number of hydrogen-bond donors (Lipinski definition) is 0. The summed E-state index contributed by atoms with van der Waals surface area (Å²) in [6.07, 6.45) is 7.41. The van der Waals surface area contributed by atoms with Crippen molar-refractivity contribution in [3.05, 3.63) is 70.8 Å². The van der Waals surface area contributed by atoms with Gasteiger partial charge in [0.25, 0.3) is 0 Å². The van der Waals surface area contributed by atoms with Crippen molar-refractivity contribution in [2.24, 2.45) is 0 Å². The van der Waals surface area contributed by atoms with Crippen LogP contribution in [0.1, 0.15) is 37.5 Å². The van der Waals surface area contributed by atoms with Crippen molar-refractivity contribution < 1.29 is 14.3 Å². The molecule has 0 aliphatic carbocycles. The lowest BCUT2D eigenvalue weighted by molar-refractivity contribution is -0.137. The van der Waals surface area contributed by atoms with Crippen molar-refractivity contribution in [2.45, 2.75) is 34.6 Å².